The van der Waals surface area contributed by atoms with E-state index in [0.717, 1.165) is 5.56 Å². The van der Waals surface area contributed by atoms with E-state index in [2.05, 4.69) is 11.9 Å². The third-order valence-corrected chi connectivity index (χ3v) is 5.25. The summed E-state index contributed by atoms with van der Waals surface area (Å²) in [5, 5.41) is 14.1. The molecule has 0 spiro atoms. The fourth-order valence-electron chi connectivity index (χ4n) is 3.49. The summed E-state index contributed by atoms with van der Waals surface area (Å²) in [5.74, 6) is 1.87. The number of amides is 1. The Balaban J connectivity index is 1.45. The SMILES string of the molecule is C=CCc1ccccc1OCc1ccc(C(=O)Nc2cc(Oc3ccc(OC)cc3)cc([N+](=O)[O-])c2)o1. The van der Waals surface area contributed by atoms with Crippen molar-refractivity contribution >= 4 is 17.3 Å². The Morgan fingerprint density at radius 2 is 1.78 bits per heavy atom. The maximum absolute atomic E-state index is 12.8. The molecule has 0 aliphatic rings. The van der Waals surface area contributed by atoms with E-state index in [1.54, 1.807) is 43.5 Å². The van der Waals surface area contributed by atoms with Crippen molar-refractivity contribution in [3.05, 3.63) is 119 Å². The number of nitrogens with one attached hydrogen (secondary N) is 1. The van der Waals surface area contributed by atoms with E-state index in [4.69, 9.17) is 18.6 Å². The number of anilines is 1. The number of methoxy groups -OCH3 is 1. The van der Waals surface area contributed by atoms with Crippen LogP contribution in [0.1, 0.15) is 21.9 Å². The maximum Gasteiger partial charge on any atom is 0.291 e. The van der Waals surface area contributed by atoms with E-state index in [1.165, 1.54) is 24.3 Å². The number of hydrogen-bond donors (Lipinski definition) is 1. The second kappa shape index (κ2) is 11.6. The smallest absolute Gasteiger partial charge is 0.291 e. The van der Waals surface area contributed by atoms with Crippen molar-refractivity contribution < 1.29 is 28.3 Å². The van der Waals surface area contributed by atoms with Gasteiger partial charge in [-0.2, -0.15) is 0 Å². The minimum atomic E-state index is -0.575. The summed E-state index contributed by atoms with van der Waals surface area (Å²) in [6, 6.07) is 21.5. The molecule has 4 aromatic rings. The van der Waals surface area contributed by atoms with Crippen molar-refractivity contribution in [3.8, 4) is 23.0 Å². The van der Waals surface area contributed by atoms with Crippen LogP contribution >= 0.6 is 0 Å². The number of nitrogens with zero attached hydrogens (tertiary/aromatic N) is 1. The zero-order valence-electron chi connectivity index (χ0n) is 20.0. The Labute approximate surface area is 213 Å². The number of carbonyl (C=O) groups is 1. The molecule has 188 valence electrons. The summed E-state index contributed by atoms with van der Waals surface area (Å²) in [6.07, 6.45) is 2.45. The van der Waals surface area contributed by atoms with Crippen LogP contribution < -0.4 is 19.5 Å². The average Bonchev–Trinajstić information content (AvgIpc) is 3.38. The van der Waals surface area contributed by atoms with Gasteiger partial charge in [0.25, 0.3) is 11.6 Å². The van der Waals surface area contributed by atoms with E-state index < -0.39 is 10.8 Å². The third kappa shape index (κ3) is 6.55. The Bertz CT molecular complexity index is 1410. The molecule has 0 radical (unpaired) electrons. The number of furan rings is 1. The van der Waals surface area contributed by atoms with Gasteiger partial charge in [-0.3, -0.25) is 14.9 Å². The highest BCUT2D eigenvalue weighted by molar-refractivity contribution is 6.02. The molecule has 9 nitrogen and oxygen atoms in total. The highest BCUT2D eigenvalue weighted by atomic mass is 16.6. The van der Waals surface area contributed by atoms with Crippen LogP contribution in [0, 0.1) is 10.1 Å². The lowest BCUT2D eigenvalue weighted by atomic mass is 10.1. The van der Waals surface area contributed by atoms with Crippen molar-refractivity contribution in [2.75, 3.05) is 12.4 Å². The molecule has 1 N–H and O–H groups in total. The summed E-state index contributed by atoms with van der Waals surface area (Å²) >= 11 is 0. The predicted octanol–water partition coefficient (Wildman–Crippen LogP) is 6.55. The maximum atomic E-state index is 12.8. The summed E-state index contributed by atoms with van der Waals surface area (Å²) in [4.78, 5) is 23.7. The van der Waals surface area contributed by atoms with E-state index >= 15 is 0 Å². The number of allylic oxidation sites excluding steroid dienone is 1. The molecule has 3 aromatic carbocycles. The molecule has 1 aromatic heterocycles. The van der Waals surface area contributed by atoms with Crippen LogP contribution in [-0.2, 0) is 13.0 Å². The van der Waals surface area contributed by atoms with Crippen LogP contribution in [-0.4, -0.2) is 17.9 Å². The van der Waals surface area contributed by atoms with Crippen LogP contribution in [0.25, 0.3) is 0 Å². The van der Waals surface area contributed by atoms with Crippen molar-refractivity contribution in [1.29, 1.82) is 0 Å². The van der Waals surface area contributed by atoms with Gasteiger partial charge < -0.3 is 23.9 Å². The van der Waals surface area contributed by atoms with Gasteiger partial charge in [-0.25, -0.2) is 0 Å². The average molecular weight is 501 g/mol. The quantitative estimate of drug-likeness (QED) is 0.141. The summed E-state index contributed by atoms with van der Waals surface area (Å²) in [7, 11) is 1.55. The zero-order chi connectivity index (χ0) is 26.2. The fraction of sp³-hybridized carbons (Fsp3) is 0.107. The number of nitro groups is 1. The fourth-order valence-corrected chi connectivity index (χ4v) is 3.49. The van der Waals surface area contributed by atoms with Gasteiger partial charge in [-0.15, -0.1) is 6.58 Å². The van der Waals surface area contributed by atoms with Crippen molar-refractivity contribution in [1.82, 2.24) is 0 Å². The number of carbonyl (C=O) groups excluding carboxylic acids is 1. The van der Waals surface area contributed by atoms with E-state index in [0.29, 0.717) is 29.4 Å². The molecule has 0 bridgehead atoms. The Kier molecular flexibility index (Phi) is 7.85. The topological polar surface area (TPSA) is 113 Å². The van der Waals surface area contributed by atoms with Gasteiger partial charge in [-0.1, -0.05) is 24.3 Å². The molecule has 9 heteroatoms. The van der Waals surface area contributed by atoms with E-state index in [1.807, 2.05) is 24.3 Å². The van der Waals surface area contributed by atoms with Crippen LogP contribution in [0.5, 0.6) is 23.0 Å². The number of para-hydroxylation sites is 1. The van der Waals surface area contributed by atoms with Gasteiger partial charge in [0.1, 0.15) is 35.4 Å². The first kappa shape index (κ1) is 25.1. The molecule has 1 amide bonds. The van der Waals surface area contributed by atoms with Gasteiger partial charge in [-0.05, 0) is 54.4 Å². The lowest BCUT2D eigenvalue weighted by Crippen LogP contribution is -2.11. The summed E-state index contributed by atoms with van der Waals surface area (Å²) in [6.45, 7) is 3.87. The van der Waals surface area contributed by atoms with Gasteiger partial charge in [0.15, 0.2) is 5.76 Å². The lowest BCUT2D eigenvalue weighted by Gasteiger charge is -2.10. The van der Waals surface area contributed by atoms with Crippen molar-refractivity contribution in [3.63, 3.8) is 0 Å². The first-order chi connectivity index (χ1) is 17.9. The van der Waals surface area contributed by atoms with Crippen molar-refractivity contribution in [2.45, 2.75) is 13.0 Å². The van der Waals surface area contributed by atoms with Gasteiger partial charge in [0, 0.05) is 12.1 Å². The number of non-ortho nitro benzene ring substituents is 1. The highest BCUT2D eigenvalue weighted by Gasteiger charge is 2.17. The molecule has 0 aliphatic heterocycles. The van der Waals surface area contributed by atoms with E-state index in [9.17, 15) is 14.9 Å². The molecule has 4 rings (SSSR count). The molecular weight excluding hydrogens is 476 g/mol. The molecule has 0 unspecified atom stereocenters. The minimum Gasteiger partial charge on any atom is -0.497 e. The molecule has 0 atom stereocenters. The summed E-state index contributed by atoms with van der Waals surface area (Å²) in [5.41, 5.74) is 0.920. The van der Waals surface area contributed by atoms with Crippen molar-refractivity contribution in [2.24, 2.45) is 0 Å². The highest BCUT2D eigenvalue weighted by Crippen LogP contribution is 2.31. The molecule has 0 saturated heterocycles. The van der Waals surface area contributed by atoms with Gasteiger partial charge in [0.2, 0.25) is 0 Å². The van der Waals surface area contributed by atoms with Crippen LogP contribution in [0.15, 0.2) is 95.9 Å². The summed E-state index contributed by atoms with van der Waals surface area (Å²) < 4.78 is 22.3. The Morgan fingerprint density at radius 3 is 2.51 bits per heavy atom. The predicted molar refractivity (Wildman–Crippen MR) is 138 cm³/mol. The molecule has 0 aliphatic carbocycles. The molecule has 0 saturated carbocycles. The second-order valence-corrected chi connectivity index (χ2v) is 7.86. The molecule has 1 heterocycles. The number of nitro benzene ring substituents is 1. The van der Waals surface area contributed by atoms with Crippen LogP contribution in [0.3, 0.4) is 0 Å². The monoisotopic (exact) mass is 500 g/mol. The molecule has 0 fully saturated rings. The lowest BCUT2D eigenvalue weighted by molar-refractivity contribution is -0.384. The second-order valence-electron chi connectivity index (χ2n) is 7.86. The third-order valence-electron chi connectivity index (χ3n) is 5.25. The number of rotatable bonds is 11. The van der Waals surface area contributed by atoms with Gasteiger partial charge >= 0.3 is 0 Å². The van der Waals surface area contributed by atoms with Crippen LogP contribution in [0.4, 0.5) is 11.4 Å². The van der Waals surface area contributed by atoms with Crippen LogP contribution in [0.2, 0.25) is 0 Å². The first-order valence-corrected chi connectivity index (χ1v) is 11.3. The minimum absolute atomic E-state index is 0.0297. The molecule has 37 heavy (non-hydrogen) atoms. The first-order valence-electron chi connectivity index (χ1n) is 11.3. The zero-order valence-corrected chi connectivity index (χ0v) is 20.0. The standard InChI is InChI=1S/C28H24N2O7/c1-3-6-19-7-4-5-8-26(19)35-18-24-13-14-27(37-24)28(31)29-20-15-21(30(32)33)17-25(16-20)36-23-11-9-22(34-2)10-12-23/h3-5,7-17H,1,6,18H2,2H3,(H,29,31). The number of ether oxygens (including phenoxy) is 3. The normalized spacial score (nSPS) is 10.4. The van der Waals surface area contributed by atoms with Gasteiger partial charge in [0.05, 0.1) is 23.8 Å². The largest absolute Gasteiger partial charge is 0.497 e. The Hall–Kier alpha value is -5.05. The number of benzene rings is 3. The number of hydrogen-bond acceptors (Lipinski definition) is 7. The molecular formula is C28H24N2O7. The Morgan fingerprint density at radius 1 is 1.03 bits per heavy atom. The van der Waals surface area contributed by atoms with E-state index in [-0.39, 0.29) is 29.5 Å².